The van der Waals surface area contributed by atoms with Crippen LogP contribution in [0.15, 0.2) is 17.8 Å². The van der Waals surface area contributed by atoms with E-state index in [9.17, 15) is 4.79 Å². The van der Waals surface area contributed by atoms with Gasteiger partial charge in [0.25, 0.3) is 5.91 Å². The molecule has 0 aliphatic heterocycles. The number of fused-ring (bicyclic) bond motifs is 1. The van der Waals surface area contributed by atoms with Crippen molar-refractivity contribution in [1.29, 1.82) is 0 Å². The van der Waals surface area contributed by atoms with Crippen molar-refractivity contribution in [3.8, 4) is 10.6 Å². The van der Waals surface area contributed by atoms with E-state index in [2.05, 4.69) is 17.0 Å². The lowest BCUT2D eigenvalue weighted by Crippen LogP contribution is -2.33. The summed E-state index contributed by atoms with van der Waals surface area (Å²) in [4.78, 5) is 25.4. The summed E-state index contributed by atoms with van der Waals surface area (Å²) >= 11 is 3.24. The van der Waals surface area contributed by atoms with E-state index in [0.29, 0.717) is 5.69 Å². The van der Waals surface area contributed by atoms with Crippen LogP contribution < -0.4 is 0 Å². The second-order valence-electron chi connectivity index (χ2n) is 6.54. The smallest absolute Gasteiger partial charge is 0.273 e. The van der Waals surface area contributed by atoms with Gasteiger partial charge in [-0.25, -0.2) is 9.97 Å². The van der Waals surface area contributed by atoms with Crippen LogP contribution in [0.4, 0.5) is 0 Å². The van der Waals surface area contributed by atoms with E-state index in [-0.39, 0.29) is 11.9 Å². The molecule has 0 bridgehead atoms. The molecule has 0 aromatic carbocycles. The van der Waals surface area contributed by atoms with Crippen LogP contribution in [0.2, 0.25) is 0 Å². The Balaban J connectivity index is 1.57. The minimum Gasteiger partial charge on any atom is -0.332 e. The Morgan fingerprint density at radius 3 is 3.00 bits per heavy atom. The SMILES string of the molecule is CCc1nc2c(s1)C(N(C)C(=O)c1csc(-c3cnn(C)c3)n1)CCC2. The number of aromatic nitrogens is 4. The third-order valence-corrected chi connectivity index (χ3v) is 6.97. The molecule has 0 spiro atoms. The van der Waals surface area contributed by atoms with E-state index in [1.54, 1.807) is 22.2 Å². The second kappa shape index (κ2) is 6.92. The topological polar surface area (TPSA) is 63.9 Å². The molecule has 1 atom stereocenters. The number of hydrogen-bond donors (Lipinski definition) is 0. The molecule has 1 amide bonds. The zero-order valence-electron chi connectivity index (χ0n) is 15.1. The van der Waals surface area contributed by atoms with E-state index >= 15 is 0 Å². The molecule has 3 aromatic rings. The third kappa shape index (κ3) is 3.07. The number of thiazole rings is 2. The molecule has 4 rings (SSSR count). The van der Waals surface area contributed by atoms with Crippen LogP contribution in [0.1, 0.15) is 51.9 Å². The van der Waals surface area contributed by atoms with E-state index in [0.717, 1.165) is 41.3 Å². The number of carbonyl (C=O) groups is 1. The number of carbonyl (C=O) groups excluding carboxylic acids is 1. The summed E-state index contributed by atoms with van der Waals surface area (Å²) in [5.41, 5.74) is 2.62. The second-order valence-corrected chi connectivity index (χ2v) is 8.51. The highest BCUT2D eigenvalue weighted by Gasteiger charge is 2.31. The summed E-state index contributed by atoms with van der Waals surface area (Å²) in [6.07, 6.45) is 7.71. The molecule has 8 heteroatoms. The summed E-state index contributed by atoms with van der Waals surface area (Å²) in [6, 6.07) is 0.104. The molecule has 1 unspecified atom stereocenters. The zero-order chi connectivity index (χ0) is 18.3. The van der Waals surface area contributed by atoms with Gasteiger partial charge in [-0.05, 0) is 25.7 Å². The van der Waals surface area contributed by atoms with Gasteiger partial charge in [-0.1, -0.05) is 6.92 Å². The Bertz CT molecular complexity index is 941. The zero-order valence-corrected chi connectivity index (χ0v) is 16.7. The van der Waals surface area contributed by atoms with Crippen LogP contribution in [0.3, 0.4) is 0 Å². The highest BCUT2D eigenvalue weighted by Crippen LogP contribution is 2.38. The van der Waals surface area contributed by atoms with Crippen molar-refractivity contribution in [2.75, 3.05) is 7.05 Å². The van der Waals surface area contributed by atoms with Crippen LogP contribution in [0, 0.1) is 0 Å². The Kier molecular flexibility index (Phi) is 4.62. The van der Waals surface area contributed by atoms with E-state index < -0.39 is 0 Å². The molecule has 0 saturated heterocycles. The van der Waals surface area contributed by atoms with Crippen molar-refractivity contribution in [2.45, 2.75) is 38.6 Å². The van der Waals surface area contributed by atoms with Crippen molar-refractivity contribution in [3.05, 3.63) is 39.0 Å². The molecular formula is C18H21N5OS2. The number of rotatable bonds is 4. The van der Waals surface area contributed by atoms with Crippen molar-refractivity contribution in [3.63, 3.8) is 0 Å². The highest BCUT2D eigenvalue weighted by atomic mass is 32.1. The molecule has 1 aliphatic rings. The lowest BCUT2D eigenvalue weighted by molar-refractivity contribution is 0.0713. The van der Waals surface area contributed by atoms with Crippen LogP contribution >= 0.6 is 22.7 Å². The van der Waals surface area contributed by atoms with Gasteiger partial charge in [0.2, 0.25) is 0 Å². The maximum absolute atomic E-state index is 13.0. The van der Waals surface area contributed by atoms with E-state index in [4.69, 9.17) is 4.98 Å². The van der Waals surface area contributed by atoms with Crippen molar-refractivity contribution in [2.24, 2.45) is 7.05 Å². The van der Waals surface area contributed by atoms with Gasteiger partial charge in [0.05, 0.1) is 27.8 Å². The predicted octanol–water partition coefficient (Wildman–Crippen LogP) is 3.71. The fourth-order valence-electron chi connectivity index (χ4n) is 3.33. The number of aryl methyl sites for hydroxylation is 3. The normalized spacial score (nSPS) is 16.5. The van der Waals surface area contributed by atoms with Crippen molar-refractivity contribution < 1.29 is 4.79 Å². The van der Waals surface area contributed by atoms with Gasteiger partial charge in [-0.2, -0.15) is 5.10 Å². The molecule has 0 N–H and O–H groups in total. The molecule has 3 aromatic heterocycles. The van der Waals surface area contributed by atoms with Crippen LogP contribution in [0.5, 0.6) is 0 Å². The average Bonchev–Trinajstić information content (AvgIpc) is 3.38. The van der Waals surface area contributed by atoms with Gasteiger partial charge >= 0.3 is 0 Å². The first-order valence-electron chi connectivity index (χ1n) is 8.77. The molecule has 0 radical (unpaired) electrons. The van der Waals surface area contributed by atoms with Crippen molar-refractivity contribution >= 4 is 28.6 Å². The lowest BCUT2D eigenvalue weighted by atomic mass is 9.97. The Labute approximate surface area is 160 Å². The first kappa shape index (κ1) is 17.4. The van der Waals surface area contributed by atoms with E-state index in [1.807, 2.05) is 30.6 Å². The van der Waals surface area contributed by atoms with Gasteiger partial charge in [0.15, 0.2) is 0 Å². The molecule has 1 aliphatic carbocycles. The largest absolute Gasteiger partial charge is 0.332 e. The fourth-order valence-corrected chi connectivity index (χ4v) is 5.33. The van der Waals surface area contributed by atoms with E-state index in [1.165, 1.54) is 21.9 Å². The fraction of sp³-hybridized carbons (Fsp3) is 0.444. The predicted molar refractivity (Wildman–Crippen MR) is 104 cm³/mol. The van der Waals surface area contributed by atoms with Gasteiger partial charge in [0.1, 0.15) is 10.7 Å². The van der Waals surface area contributed by atoms with Gasteiger partial charge in [-0.3, -0.25) is 9.48 Å². The van der Waals surface area contributed by atoms with Gasteiger partial charge < -0.3 is 4.90 Å². The monoisotopic (exact) mass is 387 g/mol. The summed E-state index contributed by atoms with van der Waals surface area (Å²) in [5, 5.41) is 8.00. The molecule has 136 valence electrons. The number of hydrogen-bond acceptors (Lipinski definition) is 6. The van der Waals surface area contributed by atoms with Gasteiger partial charge in [0, 0.05) is 31.2 Å². The maximum atomic E-state index is 13.0. The minimum absolute atomic E-state index is 0.0271. The van der Waals surface area contributed by atoms with Crippen molar-refractivity contribution in [1.82, 2.24) is 24.6 Å². The molecule has 6 nitrogen and oxygen atoms in total. The van der Waals surface area contributed by atoms with Crippen LogP contribution in [0.25, 0.3) is 10.6 Å². The molecular weight excluding hydrogens is 366 g/mol. The molecule has 0 saturated carbocycles. The Morgan fingerprint density at radius 2 is 2.27 bits per heavy atom. The standard InChI is InChI=1S/C18H21N5OS2/c1-4-15-20-12-6-5-7-14(16(12)26-15)23(3)18(24)13-10-25-17(21-13)11-8-19-22(2)9-11/h8-10,14H,4-7H2,1-3H3. The summed E-state index contributed by atoms with van der Waals surface area (Å²) < 4.78 is 1.74. The quantitative estimate of drug-likeness (QED) is 0.684. The first-order valence-corrected chi connectivity index (χ1v) is 10.5. The number of nitrogens with zero attached hydrogens (tertiary/aromatic N) is 5. The number of amides is 1. The lowest BCUT2D eigenvalue weighted by Gasteiger charge is -2.30. The van der Waals surface area contributed by atoms with Crippen LogP contribution in [-0.2, 0) is 19.9 Å². The Morgan fingerprint density at radius 1 is 1.42 bits per heavy atom. The summed E-state index contributed by atoms with van der Waals surface area (Å²) in [5.74, 6) is -0.0271. The summed E-state index contributed by atoms with van der Waals surface area (Å²) in [7, 11) is 3.76. The molecule has 26 heavy (non-hydrogen) atoms. The summed E-state index contributed by atoms with van der Waals surface area (Å²) in [6.45, 7) is 2.13. The highest BCUT2D eigenvalue weighted by molar-refractivity contribution is 7.13. The third-order valence-electron chi connectivity index (χ3n) is 4.73. The van der Waals surface area contributed by atoms with Crippen LogP contribution in [-0.4, -0.2) is 37.6 Å². The minimum atomic E-state index is -0.0271. The maximum Gasteiger partial charge on any atom is 0.273 e. The average molecular weight is 388 g/mol. The Hall–Kier alpha value is -2.06. The van der Waals surface area contributed by atoms with Gasteiger partial charge in [-0.15, -0.1) is 22.7 Å². The molecule has 3 heterocycles. The molecule has 0 fully saturated rings. The first-order chi connectivity index (χ1) is 12.6.